The molecule has 0 atom stereocenters. The van der Waals surface area contributed by atoms with Crippen molar-refractivity contribution in [2.45, 2.75) is 0 Å². The number of non-ortho nitro benzene ring substituents is 1. The molecule has 2 rings (SSSR count). The molecule has 0 heterocycles. The van der Waals surface area contributed by atoms with Gasteiger partial charge >= 0.3 is 0 Å². The maximum Gasteiger partial charge on any atom is 0.270 e. The van der Waals surface area contributed by atoms with E-state index in [1.165, 1.54) is 42.5 Å². The molecule has 0 aromatic heterocycles. The first-order valence-electron chi connectivity index (χ1n) is 7.63. The van der Waals surface area contributed by atoms with Crippen LogP contribution in [0.3, 0.4) is 0 Å². The molecule has 0 spiro atoms. The SMILES string of the molecule is O=C(CNC(=O)c1cccc([N+](=O)[O-])c1)NCCOc1ccc(F)cc1. The van der Waals surface area contributed by atoms with Crippen molar-refractivity contribution in [2.75, 3.05) is 19.7 Å². The van der Waals surface area contributed by atoms with E-state index in [2.05, 4.69) is 10.6 Å². The molecular formula is C17H16FN3O5. The third-order valence-corrected chi connectivity index (χ3v) is 3.24. The average molecular weight is 361 g/mol. The normalized spacial score (nSPS) is 10.0. The van der Waals surface area contributed by atoms with Crippen molar-refractivity contribution in [2.24, 2.45) is 0 Å². The second-order valence-electron chi connectivity index (χ2n) is 5.14. The van der Waals surface area contributed by atoms with Gasteiger partial charge in [-0.1, -0.05) is 6.07 Å². The van der Waals surface area contributed by atoms with E-state index in [1.54, 1.807) is 0 Å². The molecular weight excluding hydrogens is 345 g/mol. The summed E-state index contributed by atoms with van der Waals surface area (Å²) >= 11 is 0. The van der Waals surface area contributed by atoms with Gasteiger partial charge in [-0.2, -0.15) is 0 Å². The minimum absolute atomic E-state index is 0.0895. The first-order valence-corrected chi connectivity index (χ1v) is 7.63. The smallest absolute Gasteiger partial charge is 0.270 e. The topological polar surface area (TPSA) is 111 Å². The highest BCUT2D eigenvalue weighted by atomic mass is 19.1. The van der Waals surface area contributed by atoms with Gasteiger partial charge in [0, 0.05) is 17.7 Å². The number of nitrogens with one attached hydrogen (secondary N) is 2. The lowest BCUT2D eigenvalue weighted by atomic mass is 10.2. The summed E-state index contributed by atoms with van der Waals surface area (Å²) in [5, 5.41) is 15.6. The van der Waals surface area contributed by atoms with Crippen LogP contribution in [0.5, 0.6) is 5.75 Å². The number of halogens is 1. The standard InChI is InChI=1S/C17H16FN3O5/c18-13-4-6-15(7-5-13)26-9-8-19-16(22)11-20-17(23)12-2-1-3-14(10-12)21(24)25/h1-7,10H,8-9,11H2,(H,19,22)(H,20,23). The van der Waals surface area contributed by atoms with Crippen LogP contribution >= 0.6 is 0 Å². The van der Waals surface area contributed by atoms with E-state index in [-0.39, 0.29) is 36.8 Å². The Morgan fingerprint density at radius 1 is 1.12 bits per heavy atom. The summed E-state index contributed by atoms with van der Waals surface area (Å²) in [6.07, 6.45) is 0. The second-order valence-corrected chi connectivity index (χ2v) is 5.14. The molecule has 0 radical (unpaired) electrons. The lowest BCUT2D eigenvalue weighted by Gasteiger charge is -2.08. The molecule has 2 N–H and O–H groups in total. The maximum absolute atomic E-state index is 12.7. The van der Waals surface area contributed by atoms with Crippen LogP contribution in [-0.2, 0) is 4.79 Å². The zero-order valence-electron chi connectivity index (χ0n) is 13.6. The number of nitro benzene ring substituents is 1. The molecule has 0 aliphatic rings. The zero-order chi connectivity index (χ0) is 18.9. The molecule has 0 aliphatic heterocycles. The zero-order valence-corrected chi connectivity index (χ0v) is 13.6. The number of carbonyl (C=O) groups excluding carboxylic acids is 2. The molecule has 0 aliphatic carbocycles. The van der Waals surface area contributed by atoms with Crippen LogP contribution < -0.4 is 15.4 Å². The number of ether oxygens (including phenoxy) is 1. The molecule has 0 saturated heterocycles. The van der Waals surface area contributed by atoms with Crippen LogP contribution in [0.25, 0.3) is 0 Å². The van der Waals surface area contributed by atoms with Gasteiger partial charge in [-0.25, -0.2) is 4.39 Å². The van der Waals surface area contributed by atoms with Gasteiger partial charge < -0.3 is 15.4 Å². The Morgan fingerprint density at radius 2 is 1.85 bits per heavy atom. The van der Waals surface area contributed by atoms with Crippen molar-refractivity contribution in [3.63, 3.8) is 0 Å². The van der Waals surface area contributed by atoms with Gasteiger partial charge in [0.15, 0.2) is 0 Å². The Bertz CT molecular complexity index is 795. The first-order chi connectivity index (χ1) is 12.5. The van der Waals surface area contributed by atoms with Crippen molar-refractivity contribution in [3.05, 3.63) is 70.0 Å². The molecule has 8 nitrogen and oxygen atoms in total. The molecule has 2 amide bonds. The summed E-state index contributed by atoms with van der Waals surface area (Å²) in [4.78, 5) is 33.6. The Hall–Kier alpha value is -3.49. The molecule has 26 heavy (non-hydrogen) atoms. The van der Waals surface area contributed by atoms with Gasteiger partial charge in [0.1, 0.15) is 18.2 Å². The third-order valence-electron chi connectivity index (χ3n) is 3.24. The second kappa shape index (κ2) is 9.11. The molecule has 2 aromatic carbocycles. The number of carbonyl (C=O) groups is 2. The van der Waals surface area contributed by atoms with E-state index in [0.29, 0.717) is 5.75 Å². The van der Waals surface area contributed by atoms with Crippen molar-refractivity contribution >= 4 is 17.5 Å². The van der Waals surface area contributed by atoms with Crippen molar-refractivity contribution in [3.8, 4) is 5.75 Å². The van der Waals surface area contributed by atoms with Gasteiger partial charge in [-0.15, -0.1) is 0 Å². The number of rotatable bonds is 8. The minimum Gasteiger partial charge on any atom is -0.492 e. The molecule has 0 saturated carbocycles. The Balaban J connectivity index is 1.69. The number of nitrogens with zero attached hydrogens (tertiary/aromatic N) is 1. The highest BCUT2D eigenvalue weighted by molar-refractivity contribution is 5.96. The molecule has 2 aromatic rings. The quantitative estimate of drug-likeness (QED) is 0.422. The molecule has 0 unspecified atom stereocenters. The van der Waals surface area contributed by atoms with Crippen molar-refractivity contribution < 1.29 is 23.6 Å². The van der Waals surface area contributed by atoms with E-state index >= 15 is 0 Å². The minimum atomic E-state index is -0.607. The number of hydrogen-bond donors (Lipinski definition) is 2. The summed E-state index contributed by atoms with van der Waals surface area (Å²) < 4.78 is 18.0. The van der Waals surface area contributed by atoms with Crippen LogP contribution in [0.1, 0.15) is 10.4 Å². The van der Waals surface area contributed by atoms with E-state index in [1.807, 2.05) is 0 Å². The van der Waals surface area contributed by atoms with Gasteiger partial charge in [-0.05, 0) is 30.3 Å². The summed E-state index contributed by atoms with van der Waals surface area (Å²) in [5.41, 5.74) is -0.119. The van der Waals surface area contributed by atoms with E-state index in [9.17, 15) is 24.1 Å². The van der Waals surface area contributed by atoms with Crippen molar-refractivity contribution in [1.29, 1.82) is 0 Å². The largest absolute Gasteiger partial charge is 0.492 e. The fourth-order valence-electron chi connectivity index (χ4n) is 1.98. The summed E-state index contributed by atoms with van der Waals surface area (Å²) in [5.74, 6) is -0.928. The fraction of sp³-hybridized carbons (Fsp3) is 0.176. The highest BCUT2D eigenvalue weighted by Gasteiger charge is 2.12. The van der Waals surface area contributed by atoms with Gasteiger partial charge in [-0.3, -0.25) is 19.7 Å². The van der Waals surface area contributed by atoms with Crippen LogP contribution in [-0.4, -0.2) is 36.4 Å². The Labute approximate surface area is 148 Å². The molecule has 0 fully saturated rings. The van der Waals surface area contributed by atoms with Crippen LogP contribution in [0.2, 0.25) is 0 Å². The van der Waals surface area contributed by atoms with Crippen LogP contribution in [0, 0.1) is 15.9 Å². The maximum atomic E-state index is 12.7. The van der Waals surface area contributed by atoms with Gasteiger partial charge in [0.2, 0.25) is 5.91 Å². The lowest BCUT2D eigenvalue weighted by molar-refractivity contribution is -0.384. The Kier molecular flexibility index (Phi) is 6.60. The first kappa shape index (κ1) is 18.8. The van der Waals surface area contributed by atoms with Crippen LogP contribution in [0.4, 0.5) is 10.1 Å². The van der Waals surface area contributed by atoms with E-state index < -0.39 is 16.7 Å². The average Bonchev–Trinajstić information content (AvgIpc) is 2.64. The monoisotopic (exact) mass is 361 g/mol. The lowest BCUT2D eigenvalue weighted by Crippen LogP contribution is -2.38. The van der Waals surface area contributed by atoms with Crippen molar-refractivity contribution in [1.82, 2.24) is 10.6 Å². The Morgan fingerprint density at radius 3 is 2.54 bits per heavy atom. The predicted octanol–water partition coefficient (Wildman–Crippen LogP) is 1.66. The van der Waals surface area contributed by atoms with Gasteiger partial charge in [0.05, 0.1) is 18.0 Å². The number of hydrogen-bond acceptors (Lipinski definition) is 5. The summed E-state index contributed by atoms with van der Waals surface area (Å²) in [6, 6.07) is 10.7. The number of nitro groups is 1. The predicted molar refractivity (Wildman–Crippen MR) is 90.3 cm³/mol. The van der Waals surface area contributed by atoms with E-state index in [0.717, 1.165) is 6.07 Å². The fourth-order valence-corrected chi connectivity index (χ4v) is 1.98. The molecule has 136 valence electrons. The highest BCUT2D eigenvalue weighted by Crippen LogP contribution is 2.13. The van der Waals surface area contributed by atoms with Gasteiger partial charge in [0.25, 0.3) is 11.6 Å². The number of benzene rings is 2. The summed E-state index contributed by atoms with van der Waals surface area (Å²) in [7, 11) is 0. The van der Waals surface area contributed by atoms with Crippen LogP contribution in [0.15, 0.2) is 48.5 Å². The summed E-state index contributed by atoms with van der Waals surface area (Å²) in [6.45, 7) is 0.0944. The third kappa shape index (κ3) is 5.86. The molecule has 9 heteroatoms. The number of amides is 2. The van der Waals surface area contributed by atoms with E-state index in [4.69, 9.17) is 4.74 Å². The molecule has 0 bridgehead atoms.